The zero-order chi connectivity index (χ0) is 13.0. The Bertz CT molecular complexity index is 433. The molecule has 1 aliphatic heterocycles. The summed E-state index contributed by atoms with van der Waals surface area (Å²) in [5, 5.41) is 13.4. The van der Waals surface area contributed by atoms with Crippen LogP contribution in [0.5, 0.6) is 0 Å². The zero-order valence-electron chi connectivity index (χ0n) is 10.0. The first-order chi connectivity index (χ1) is 8.66. The zero-order valence-corrected chi connectivity index (χ0v) is 10.0. The molecule has 0 aromatic heterocycles. The third-order valence-electron chi connectivity index (χ3n) is 3.20. The quantitative estimate of drug-likeness (QED) is 0.630. The fourth-order valence-corrected chi connectivity index (χ4v) is 2.30. The van der Waals surface area contributed by atoms with Crippen LogP contribution in [-0.4, -0.2) is 31.0 Å². The van der Waals surface area contributed by atoms with Crippen LogP contribution in [0.2, 0.25) is 0 Å². The number of carbonyl (C=O) groups excluding carboxylic acids is 2. The number of piperazine rings is 1. The Balaban J connectivity index is 2.08. The molecule has 2 N–H and O–H groups in total. The van der Waals surface area contributed by atoms with Gasteiger partial charge in [0.15, 0.2) is 6.04 Å². The van der Waals surface area contributed by atoms with Crippen molar-refractivity contribution in [1.82, 2.24) is 5.32 Å². The van der Waals surface area contributed by atoms with Gasteiger partial charge in [-0.25, -0.2) is 0 Å². The Hall–Kier alpha value is -1.88. The number of quaternary nitrogens is 1. The highest BCUT2D eigenvalue weighted by molar-refractivity contribution is 5.84. The fourth-order valence-electron chi connectivity index (χ4n) is 2.30. The molecule has 1 unspecified atom stereocenters. The fraction of sp³-hybridized carbons (Fsp3) is 0.385. The van der Waals surface area contributed by atoms with Crippen molar-refractivity contribution in [3.05, 3.63) is 35.9 Å². The topological polar surface area (TPSA) is 73.7 Å². The van der Waals surface area contributed by atoms with Crippen LogP contribution in [0.25, 0.3) is 0 Å². The van der Waals surface area contributed by atoms with Crippen molar-refractivity contribution in [2.45, 2.75) is 19.0 Å². The molecule has 1 fully saturated rings. The molecule has 5 nitrogen and oxygen atoms in total. The van der Waals surface area contributed by atoms with E-state index in [1.807, 2.05) is 30.3 Å². The smallest absolute Gasteiger partial charge is 0.278 e. The molecule has 0 bridgehead atoms. The highest BCUT2D eigenvalue weighted by Crippen LogP contribution is 1.98. The second kappa shape index (κ2) is 5.64. The molecule has 1 saturated heterocycles. The molecule has 0 radical (unpaired) electrons. The molecule has 1 aromatic carbocycles. The minimum atomic E-state index is -1.18. The van der Waals surface area contributed by atoms with Gasteiger partial charge in [-0.05, 0) is 0 Å². The van der Waals surface area contributed by atoms with E-state index in [9.17, 15) is 14.7 Å². The second-order valence-corrected chi connectivity index (χ2v) is 4.49. The van der Waals surface area contributed by atoms with Gasteiger partial charge in [0.2, 0.25) is 0 Å². The number of nitrogens with one attached hydrogen (secondary N) is 2. The average molecular weight is 248 g/mol. The van der Waals surface area contributed by atoms with E-state index in [0.717, 1.165) is 17.0 Å². The van der Waals surface area contributed by atoms with Crippen molar-refractivity contribution in [2.24, 2.45) is 0 Å². The number of benzene rings is 1. The maximum Gasteiger partial charge on any atom is 0.278 e. The third kappa shape index (κ3) is 3.07. The van der Waals surface area contributed by atoms with Crippen molar-refractivity contribution in [1.29, 1.82) is 0 Å². The summed E-state index contributed by atoms with van der Waals surface area (Å²) < 4.78 is 0. The molecule has 18 heavy (non-hydrogen) atoms. The van der Waals surface area contributed by atoms with Crippen molar-refractivity contribution < 1.29 is 19.6 Å². The monoisotopic (exact) mass is 248 g/mol. The average Bonchev–Trinajstić information content (AvgIpc) is 2.34. The van der Waals surface area contributed by atoms with Crippen LogP contribution in [0.15, 0.2) is 30.3 Å². The molecule has 96 valence electrons. The van der Waals surface area contributed by atoms with Crippen LogP contribution in [-0.2, 0) is 16.1 Å². The molecule has 1 amide bonds. The number of carboxylic acids is 1. The van der Waals surface area contributed by atoms with Gasteiger partial charge < -0.3 is 20.1 Å². The molecule has 1 aromatic rings. The molecule has 5 heteroatoms. The van der Waals surface area contributed by atoms with Gasteiger partial charge in [0.1, 0.15) is 6.54 Å². The van der Waals surface area contributed by atoms with E-state index < -0.39 is 12.0 Å². The van der Waals surface area contributed by atoms with E-state index >= 15 is 0 Å². The van der Waals surface area contributed by atoms with Gasteiger partial charge >= 0.3 is 0 Å². The molecular weight excluding hydrogens is 232 g/mol. The van der Waals surface area contributed by atoms with E-state index in [1.54, 1.807) is 0 Å². The van der Waals surface area contributed by atoms with E-state index in [0.29, 0.717) is 13.1 Å². The molecule has 0 spiro atoms. The summed E-state index contributed by atoms with van der Waals surface area (Å²) >= 11 is 0. The minimum absolute atomic E-state index is 0.198. The Labute approximate surface area is 105 Å². The molecule has 1 aliphatic rings. The van der Waals surface area contributed by atoms with E-state index in [2.05, 4.69) is 5.32 Å². The van der Waals surface area contributed by atoms with Gasteiger partial charge in [0, 0.05) is 18.0 Å². The number of carbonyl (C=O) groups is 2. The summed E-state index contributed by atoms with van der Waals surface area (Å²) in [5.74, 6) is -1.38. The predicted octanol–water partition coefficient (Wildman–Crippen LogP) is -2.29. The highest BCUT2D eigenvalue weighted by Gasteiger charge is 2.33. The summed E-state index contributed by atoms with van der Waals surface area (Å²) in [6, 6.07) is 9.22. The largest absolute Gasteiger partial charge is 0.550 e. The maximum absolute atomic E-state index is 11.7. The maximum atomic E-state index is 11.7. The van der Waals surface area contributed by atoms with Crippen LogP contribution in [0.3, 0.4) is 0 Å². The summed E-state index contributed by atoms with van der Waals surface area (Å²) in [6.07, 6.45) is -0.228. The summed E-state index contributed by atoms with van der Waals surface area (Å²) in [6.45, 7) is 1.98. The summed E-state index contributed by atoms with van der Waals surface area (Å²) in [5.41, 5.74) is 1.10. The van der Waals surface area contributed by atoms with E-state index in [4.69, 9.17) is 0 Å². The number of hydrogen-bond acceptors (Lipinski definition) is 3. The van der Waals surface area contributed by atoms with Crippen molar-refractivity contribution in [2.75, 3.05) is 13.1 Å². The first kappa shape index (κ1) is 12.6. The Morgan fingerprint density at radius 3 is 2.78 bits per heavy atom. The van der Waals surface area contributed by atoms with Crippen molar-refractivity contribution >= 4 is 11.9 Å². The number of amides is 1. The normalized spacial score (nSPS) is 23.4. The van der Waals surface area contributed by atoms with Crippen LogP contribution < -0.4 is 15.3 Å². The lowest BCUT2D eigenvalue weighted by atomic mass is 10.1. The first-order valence-electron chi connectivity index (χ1n) is 6.03. The molecule has 0 aliphatic carbocycles. The van der Waals surface area contributed by atoms with Crippen molar-refractivity contribution in [3.8, 4) is 0 Å². The van der Waals surface area contributed by atoms with Gasteiger partial charge in [-0.3, -0.25) is 4.79 Å². The lowest BCUT2D eigenvalue weighted by molar-refractivity contribution is -0.930. The number of carboxylic acid groups (broad SMARTS) is 1. The summed E-state index contributed by atoms with van der Waals surface area (Å²) in [7, 11) is 0. The van der Waals surface area contributed by atoms with Gasteiger partial charge in [0.25, 0.3) is 5.91 Å². The Kier molecular flexibility index (Phi) is 3.94. The van der Waals surface area contributed by atoms with Gasteiger partial charge in [-0.15, -0.1) is 0 Å². The molecular formula is C13H16N2O3. The lowest BCUT2D eigenvalue weighted by Crippen LogP contribution is -3.18. The van der Waals surface area contributed by atoms with Gasteiger partial charge in [-0.1, -0.05) is 30.3 Å². The number of rotatable bonds is 4. The molecule has 2 atom stereocenters. The first-order valence-corrected chi connectivity index (χ1v) is 6.03. The number of hydrogen-bond donors (Lipinski definition) is 2. The van der Waals surface area contributed by atoms with E-state index in [-0.39, 0.29) is 12.3 Å². The standard InChI is InChI=1S/C13H16N2O3/c16-12(17)8-11-13(18)14-6-7-15(11)9-10-4-2-1-3-5-10/h1-5,11H,6-9H2,(H,14,18)(H,16,17)/t11-/m1/s1. The molecule has 1 heterocycles. The minimum Gasteiger partial charge on any atom is -0.550 e. The van der Waals surface area contributed by atoms with Crippen LogP contribution >= 0.6 is 0 Å². The van der Waals surface area contributed by atoms with Gasteiger partial charge in [0.05, 0.1) is 13.1 Å². The second-order valence-electron chi connectivity index (χ2n) is 4.49. The van der Waals surface area contributed by atoms with Gasteiger partial charge in [-0.2, -0.15) is 0 Å². The van der Waals surface area contributed by atoms with E-state index in [1.165, 1.54) is 0 Å². The molecule has 2 rings (SSSR count). The SMILES string of the molecule is O=C([O-])C[C@@H]1C(=O)NCC[NH+]1Cc1ccccc1. The van der Waals surface area contributed by atoms with Crippen LogP contribution in [0.4, 0.5) is 0 Å². The van der Waals surface area contributed by atoms with Crippen molar-refractivity contribution in [3.63, 3.8) is 0 Å². The third-order valence-corrected chi connectivity index (χ3v) is 3.20. The number of aliphatic carboxylic acids is 1. The van der Waals surface area contributed by atoms with Crippen LogP contribution in [0, 0.1) is 0 Å². The Morgan fingerprint density at radius 2 is 2.11 bits per heavy atom. The highest BCUT2D eigenvalue weighted by atomic mass is 16.4. The Morgan fingerprint density at radius 1 is 1.39 bits per heavy atom. The summed E-state index contributed by atoms with van der Waals surface area (Å²) in [4.78, 5) is 23.4. The molecule has 0 saturated carbocycles. The predicted molar refractivity (Wildman–Crippen MR) is 62.4 cm³/mol. The van der Waals surface area contributed by atoms with Crippen LogP contribution in [0.1, 0.15) is 12.0 Å². The lowest BCUT2D eigenvalue weighted by Gasteiger charge is -2.32.